The van der Waals surface area contributed by atoms with Crippen molar-refractivity contribution >= 4 is 12.1 Å². The number of nitrogens with zero attached hydrogens (tertiary/aromatic N) is 3. The summed E-state index contributed by atoms with van der Waals surface area (Å²) in [6.45, 7) is 23.5. The molecule has 3 saturated carbocycles. The number of hydrogen-bond acceptors (Lipinski definition) is 4. The van der Waals surface area contributed by atoms with Crippen LogP contribution in [-0.4, -0.2) is 42.3 Å². The van der Waals surface area contributed by atoms with E-state index in [1.807, 2.05) is 39.8 Å². The third-order valence-corrected chi connectivity index (χ3v) is 6.86. The third-order valence-electron chi connectivity index (χ3n) is 6.86. The molecule has 0 aliphatic heterocycles. The summed E-state index contributed by atoms with van der Waals surface area (Å²) in [5, 5.41) is 12.0. The fourth-order valence-electron chi connectivity index (χ4n) is 4.42. The first-order valence-electron chi connectivity index (χ1n) is 11.6. The largest absolute Gasteiger partial charge is 0.512 e. The number of hydrazine groups is 1. The molecular formula is C26H44N4O. The molecule has 0 spiro atoms. The molecule has 2 N–H and O–H groups in total. The van der Waals surface area contributed by atoms with Crippen LogP contribution < -0.4 is 5.43 Å². The van der Waals surface area contributed by atoms with E-state index >= 15 is 0 Å². The Labute approximate surface area is 190 Å². The molecule has 0 atom stereocenters. The molecule has 0 aromatic rings. The highest BCUT2D eigenvalue weighted by molar-refractivity contribution is 5.98. The molecule has 5 heteroatoms. The molecule has 3 rings (SSSR count). The first-order chi connectivity index (χ1) is 14.7. The van der Waals surface area contributed by atoms with Crippen LogP contribution in [0.15, 0.2) is 58.4 Å². The van der Waals surface area contributed by atoms with Crippen LogP contribution in [0.25, 0.3) is 0 Å². The van der Waals surface area contributed by atoms with Gasteiger partial charge in [0.15, 0.2) is 5.84 Å². The number of rotatable bonds is 9. The SMILES string of the molecule is C=C(N=CC)C(=NCC12CCC(C(=C)O)(CC1)CC2)NN(C)CC(=C)/C(C)=C/C.CC. The lowest BCUT2D eigenvalue weighted by Gasteiger charge is -2.52. The highest BCUT2D eigenvalue weighted by atomic mass is 16.3. The molecular weight excluding hydrogens is 384 g/mol. The van der Waals surface area contributed by atoms with E-state index in [9.17, 15) is 5.11 Å². The van der Waals surface area contributed by atoms with Crippen molar-refractivity contribution in [2.75, 3.05) is 20.1 Å². The first kappa shape index (κ1) is 26.9. The number of hydrogen-bond donors (Lipinski definition) is 2. The zero-order valence-electron chi connectivity index (χ0n) is 20.7. The van der Waals surface area contributed by atoms with Crippen molar-refractivity contribution < 1.29 is 5.11 Å². The number of aliphatic imine (C=N–C) groups is 2. The predicted octanol–water partition coefficient (Wildman–Crippen LogP) is 6.39. The number of likely N-dealkylation sites (N-methyl/N-ethyl adjacent to an activating group) is 1. The molecule has 0 radical (unpaired) electrons. The van der Waals surface area contributed by atoms with Crippen molar-refractivity contribution in [3.8, 4) is 0 Å². The minimum atomic E-state index is -0.0477. The quantitative estimate of drug-likeness (QED) is 0.147. The third kappa shape index (κ3) is 6.93. The van der Waals surface area contributed by atoms with Gasteiger partial charge < -0.3 is 10.5 Å². The van der Waals surface area contributed by atoms with Crippen molar-refractivity contribution in [2.24, 2.45) is 20.8 Å². The lowest BCUT2D eigenvalue weighted by molar-refractivity contribution is -0.00250. The molecule has 174 valence electrons. The Morgan fingerprint density at radius 1 is 1.06 bits per heavy atom. The number of aliphatic hydroxyl groups excluding tert-OH is 1. The molecule has 0 unspecified atom stereocenters. The molecule has 2 bridgehead atoms. The van der Waals surface area contributed by atoms with Gasteiger partial charge in [0, 0.05) is 31.8 Å². The van der Waals surface area contributed by atoms with E-state index in [1.54, 1.807) is 6.21 Å². The van der Waals surface area contributed by atoms with Gasteiger partial charge in [-0.3, -0.25) is 9.98 Å². The van der Waals surface area contributed by atoms with E-state index in [1.165, 1.54) is 5.57 Å². The van der Waals surface area contributed by atoms with Gasteiger partial charge in [0.1, 0.15) is 0 Å². The molecule has 3 fully saturated rings. The number of nitrogens with one attached hydrogen (secondary N) is 1. The number of amidine groups is 1. The first-order valence-corrected chi connectivity index (χ1v) is 11.6. The molecule has 0 saturated heterocycles. The van der Waals surface area contributed by atoms with Crippen LogP contribution in [0.4, 0.5) is 0 Å². The van der Waals surface area contributed by atoms with Crippen LogP contribution in [0, 0.1) is 10.8 Å². The predicted molar refractivity (Wildman–Crippen MR) is 136 cm³/mol. The molecule has 5 nitrogen and oxygen atoms in total. The Morgan fingerprint density at radius 2 is 1.61 bits per heavy atom. The normalized spacial score (nSPS) is 25.9. The van der Waals surface area contributed by atoms with Crippen LogP contribution in [0.1, 0.15) is 73.1 Å². The number of aliphatic hydroxyl groups is 1. The van der Waals surface area contributed by atoms with E-state index < -0.39 is 0 Å². The van der Waals surface area contributed by atoms with Gasteiger partial charge in [-0.1, -0.05) is 45.2 Å². The zero-order valence-corrected chi connectivity index (χ0v) is 20.7. The van der Waals surface area contributed by atoms with Crippen molar-refractivity contribution in [1.29, 1.82) is 0 Å². The highest BCUT2D eigenvalue weighted by Gasteiger charge is 2.50. The zero-order chi connectivity index (χ0) is 23.7. The summed E-state index contributed by atoms with van der Waals surface area (Å²) >= 11 is 0. The summed E-state index contributed by atoms with van der Waals surface area (Å²) in [5.41, 5.74) is 6.40. The smallest absolute Gasteiger partial charge is 0.161 e. The molecule has 3 aliphatic rings. The Morgan fingerprint density at radius 3 is 2.06 bits per heavy atom. The van der Waals surface area contributed by atoms with E-state index in [4.69, 9.17) is 4.99 Å². The van der Waals surface area contributed by atoms with E-state index in [2.05, 4.69) is 43.2 Å². The molecule has 0 amide bonds. The van der Waals surface area contributed by atoms with Gasteiger partial charge in [-0.25, -0.2) is 5.01 Å². The van der Waals surface area contributed by atoms with Crippen LogP contribution in [0.5, 0.6) is 0 Å². The van der Waals surface area contributed by atoms with Crippen LogP contribution in [-0.2, 0) is 0 Å². The molecule has 3 aliphatic carbocycles. The minimum absolute atomic E-state index is 0.0477. The topological polar surface area (TPSA) is 60.2 Å². The maximum atomic E-state index is 10.0. The number of allylic oxidation sites excluding steroid dienone is 2. The summed E-state index contributed by atoms with van der Waals surface area (Å²) < 4.78 is 0. The van der Waals surface area contributed by atoms with E-state index in [0.717, 1.165) is 50.6 Å². The van der Waals surface area contributed by atoms with Gasteiger partial charge >= 0.3 is 0 Å². The Balaban J connectivity index is 0.00000233. The fraction of sp³-hybridized carbons (Fsp3) is 0.615. The maximum absolute atomic E-state index is 10.0. The van der Waals surface area contributed by atoms with Crippen molar-refractivity contribution in [2.45, 2.75) is 73.1 Å². The standard InChI is InChI=1S/C24H38N4O.C2H6/c1-8-18(3)19(4)16-28(7)27-22(20(5)25-9-2)26-17-23-10-13-24(14-11-23,15-12-23)21(6)29;1-2/h8-9,29H,4-6,10-17H2,1-3,7H3,(H,26,27);1-2H3/b18-8+,25-9?;. The minimum Gasteiger partial charge on any atom is -0.512 e. The Kier molecular flexibility index (Phi) is 10.4. The van der Waals surface area contributed by atoms with Crippen molar-refractivity contribution in [3.05, 3.63) is 48.4 Å². The summed E-state index contributed by atoms with van der Waals surface area (Å²) in [6, 6.07) is 0. The second-order valence-corrected chi connectivity index (χ2v) is 8.77. The van der Waals surface area contributed by atoms with Crippen molar-refractivity contribution in [3.63, 3.8) is 0 Å². The Bertz CT molecular complexity index is 720. The second-order valence-electron chi connectivity index (χ2n) is 8.77. The molecule has 0 heterocycles. The summed E-state index contributed by atoms with van der Waals surface area (Å²) in [6.07, 6.45) is 10.1. The fourth-order valence-corrected chi connectivity index (χ4v) is 4.42. The summed E-state index contributed by atoms with van der Waals surface area (Å²) in [7, 11) is 1.98. The summed E-state index contributed by atoms with van der Waals surface area (Å²) in [4.78, 5) is 9.28. The summed E-state index contributed by atoms with van der Waals surface area (Å²) in [5.74, 6) is 1.08. The second kappa shape index (κ2) is 12.0. The van der Waals surface area contributed by atoms with Gasteiger partial charge in [-0.05, 0) is 70.3 Å². The van der Waals surface area contributed by atoms with Crippen LogP contribution >= 0.6 is 0 Å². The van der Waals surface area contributed by atoms with Gasteiger partial charge in [0.25, 0.3) is 0 Å². The van der Waals surface area contributed by atoms with Gasteiger partial charge in [0.05, 0.1) is 11.5 Å². The van der Waals surface area contributed by atoms with Crippen molar-refractivity contribution in [1.82, 2.24) is 10.4 Å². The van der Waals surface area contributed by atoms with Crippen LogP contribution in [0.2, 0.25) is 0 Å². The highest BCUT2D eigenvalue weighted by Crippen LogP contribution is 2.59. The lowest BCUT2D eigenvalue weighted by Crippen LogP contribution is -2.45. The number of fused-ring (bicyclic) bond motifs is 3. The molecule has 0 aromatic carbocycles. The lowest BCUT2D eigenvalue weighted by atomic mass is 9.53. The average Bonchev–Trinajstić information content (AvgIpc) is 2.78. The monoisotopic (exact) mass is 428 g/mol. The van der Waals surface area contributed by atoms with E-state index in [0.29, 0.717) is 23.8 Å². The van der Waals surface area contributed by atoms with Gasteiger partial charge in [-0.2, -0.15) is 0 Å². The van der Waals surface area contributed by atoms with Gasteiger partial charge in [-0.15, -0.1) is 0 Å². The maximum Gasteiger partial charge on any atom is 0.161 e. The molecule has 31 heavy (non-hydrogen) atoms. The van der Waals surface area contributed by atoms with Crippen LogP contribution in [0.3, 0.4) is 0 Å². The van der Waals surface area contributed by atoms with Gasteiger partial charge in [0.2, 0.25) is 0 Å². The average molecular weight is 429 g/mol. The Hall–Kier alpha value is -2.14. The molecule has 0 aromatic heterocycles. The van der Waals surface area contributed by atoms with E-state index in [-0.39, 0.29) is 10.8 Å².